The third-order valence-corrected chi connectivity index (χ3v) is 1.83. The summed E-state index contributed by atoms with van der Waals surface area (Å²) in [6.45, 7) is 1.37. The number of amides is 1. The van der Waals surface area contributed by atoms with Crippen molar-refractivity contribution in [2.45, 2.75) is 6.92 Å². The minimum atomic E-state index is -1.08. The first-order chi connectivity index (χ1) is 7.58. The summed E-state index contributed by atoms with van der Waals surface area (Å²) in [6.07, 6.45) is 0. The highest BCUT2D eigenvalue weighted by molar-refractivity contribution is 5.82. The summed E-state index contributed by atoms with van der Waals surface area (Å²) in [4.78, 5) is 21.2. The van der Waals surface area contributed by atoms with Crippen molar-refractivity contribution in [1.29, 1.82) is 0 Å². The number of carboxylic acids is 1. The molecule has 2 N–H and O–H groups in total. The van der Waals surface area contributed by atoms with Crippen molar-refractivity contribution in [3.8, 4) is 5.75 Å². The number of benzene rings is 1. The van der Waals surface area contributed by atoms with Crippen LogP contribution in [0.15, 0.2) is 24.3 Å². The SMILES string of the molecule is Cc1ccc(OCC(=O)NCC(=O)O)cc1. The summed E-state index contributed by atoms with van der Waals surface area (Å²) >= 11 is 0. The molecule has 0 spiro atoms. The smallest absolute Gasteiger partial charge is 0.322 e. The summed E-state index contributed by atoms with van der Waals surface area (Å²) in [6, 6.07) is 7.23. The Morgan fingerprint density at radius 3 is 2.50 bits per heavy atom. The first kappa shape index (κ1) is 12.0. The number of carboxylic acid groups (broad SMARTS) is 1. The Bertz CT molecular complexity index is 372. The zero-order valence-corrected chi connectivity index (χ0v) is 8.90. The highest BCUT2D eigenvalue weighted by Gasteiger charge is 2.04. The highest BCUT2D eigenvalue weighted by atomic mass is 16.5. The first-order valence-corrected chi connectivity index (χ1v) is 4.76. The number of nitrogens with one attached hydrogen (secondary N) is 1. The van der Waals surface area contributed by atoms with Crippen molar-refractivity contribution in [2.24, 2.45) is 0 Å². The monoisotopic (exact) mass is 223 g/mol. The van der Waals surface area contributed by atoms with E-state index in [1.54, 1.807) is 12.1 Å². The number of aliphatic carboxylic acids is 1. The number of carbonyl (C=O) groups excluding carboxylic acids is 1. The van der Waals surface area contributed by atoms with E-state index in [9.17, 15) is 9.59 Å². The topological polar surface area (TPSA) is 75.6 Å². The fourth-order valence-electron chi connectivity index (χ4n) is 1.01. The van der Waals surface area contributed by atoms with Gasteiger partial charge in [-0.1, -0.05) is 17.7 Å². The van der Waals surface area contributed by atoms with E-state index >= 15 is 0 Å². The van der Waals surface area contributed by atoms with Crippen LogP contribution in [0.3, 0.4) is 0 Å². The Morgan fingerprint density at radius 2 is 1.94 bits per heavy atom. The maximum atomic E-state index is 11.1. The van der Waals surface area contributed by atoms with Gasteiger partial charge in [-0.15, -0.1) is 0 Å². The molecule has 0 radical (unpaired) electrons. The van der Waals surface area contributed by atoms with Gasteiger partial charge in [-0.25, -0.2) is 0 Å². The number of carbonyl (C=O) groups is 2. The molecule has 0 heterocycles. The Morgan fingerprint density at radius 1 is 1.31 bits per heavy atom. The van der Waals surface area contributed by atoms with Crippen LogP contribution in [0.25, 0.3) is 0 Å². The molecule has 86 valence electrons. The zero-order valence-electron chi connectivity index (χ0n) is 8.90. The van der Waals surface area contributed by atoms with E-state index < -0.39 is 18.4 Å². The van der Waals surface area contributed by atoms with Crippen molar-refractivity contribution in [3.63, 3.8) is 0 Å². The molecule has 1 rings (SSSR count). The lowest BCUT2D eigenvalue weighted by molar-refractivity contribution is -0.138. The van der Waals surface area contributed by atoms with Crippen molar-refractivity contribution in [1.82, 2.24) is 5.32 Å². The van der Waals surface area contributed by atoms with Gasteiger partial charge in [-0.05, 0) is 19.1 Å². The van der Waals surface area contributed by atoms with E-state index in [0.29, 0.717) is 5.75 Å². The van der Waals surface area contributed by atoms with E-state index in [0.717, 1.165) is 5.56 Å². The zero-order chi connectivity index (χ0) is 12.0. The molecule has 0 aliphatic heterocycles. The lowest BCUT2D eigenvalue weighted by atomic mass is 10.2. The molecule has 0 aliphatic rings. The molecule has 16 heavy (non-hydrogen) atoms. The largest absolute Gasteiger partial charge is 0.484 e. The molecule has 0 aromatic heterocycles. The van der Waals surface area contributed by atoms with E-state index in [-0.39, 0.29) is 6.61 Å². The molecule has 0 saturated carbocycles. The third-order valence-electron chi connectivity index (χ3n) is 1.83. The molecule has 5 nitrogen and oxygen atoms in total. The van der Waals surface area contributed by atoms with Gasteiger partial charge >= 0.3 is 5.97 Å². The number of hydrogen-bond acceptors (Lipinski definition) is 3. The quantitative estimate of drug-likeness (QED) is 0.765. The Kier molecular flexibility index (Phi) is 4.32. The Labute approximate surface area is 93.0 Å². The van der Waals surface area contributed by atoms with Gasteiger partial charge in [0.15, 0.2) is 6.61 Å². The van der Waals surface area contributed by atoms with Crippen LogP contribution in [0, 0.1) is 6.92 Å². The molecule has 0 unspecified atom stereocenters. The minimum absolute atomic E-state index is 0.184. The number of hydrogen-bond donors (Lipinski definition) is 2. The average Bonchev–Trinajstić information content (AvgIpc) is 2.25. The first-order valence-electron chi connectivity index (χ1n) is 4.76. The van der Waals surface area contributed by atoms with Crippen molar-refractivity contribution in [3.05, 3.63) is 29.8 Å². The van der Waals surface area contributed by atoms with Gasteiger partial charge in [0.2, 0.25) is 0 Å². The summed E-state index contributed by atoms with van der Waals surface area (Å²) < 4.78 is 5.15. The van der Waals surface area contributed by atoms with Crippen LogP contribution in [0.1, 0.15) is 5.56 Å². The predicted octanol–water partition coefficient (Wildman–Crippen LogP) is 0.575. The summed E-state index contributed by atoms with van der Waals surface area (Å²) in [5, 5.41) is 10.5. The molecular formula is C11H13NO4. The van der Waals surface area contributed by atoms with Gasteiger partial charge in [-0.3, -0.25) is 9.59 Å². The number of ether oxygens (including phenoxy) is 1. The predicted molar refractivity (Wildman–Crippen MR) is 57.3 cm³/mol. The van der Waals surface area contributed by atoms with Gasteiger partial charge in [0, 0.05) is 0 Å². The number of rotatable bonds is 5. The highest BCUT2D eigenvalue weighted by Crippen LogP contribution is 2.10. The standard InChI is InChI=1S/C11H13NO4/c1-8-2-4-9(5-3-8)16-7-10(13)12-6-11(14)15/h2-5H,6-7H2,1H3,(H,12,13)(H,14,15). The fraction of sp³-hybridized carbons (Fsp3) is 0.273. The van der Waals surface area contributed by atoms with Gasteiger partial charge < -0.3 is 15.2 Å². The van der Waals surface area contributed by atoms with Gasteiger partial charge in [0.1, 0.15) is 12.3 Å². The van der Waals surface area contributed by atoms with E-state index in [2.05, 4.69) is 5.32 Å². The Balaban J connectivity index is 2.31. The molecule has 0 fully saturated rings. The molecule has 5 heteroatoms. The van der Waals surface area contributed by atoms with Gasteiger partial charge in [-0.2, -0.15) is 0 Å². The second-order valence-corrected chi connectivity index (χ2v) is 3.27. The molecule has 0 saturated heterocycles. The van der Waals surface area contributed by atoms with Gasteiger partial charge in [0.25, 0.3) is 5.91 Å². The molecule has 0 aliphatic carbocycles. The summed E-state index contributed by atoms with van der Waals surface area (Å²) in [5.41, 5.74) is 1.10. The molecule has 0 bridgehead atoms. The lowest BCUT2D eigenvalue weighted by Crippen LogP contribution is -2.33. The van der Waals surface area contributed by atoms with Crippen LogP contribution in [-0.2, 0) is 9.59 Å². The number of aryl methyl sites for hydroxylation is 1. The average molecular weight is 223 g/mol. The van der Waals surface area contributed by atoms with Crippen LogP contribution in [0.5, 0.6) is 5.75 Å². The fourth-order valence-corrected chi connectivity index (χ4v) is 1.01. The molecular weight excluding hydrogens is 210 g/mol. The molecule has 0 atom stereocenters. The Hall–Kier alpha value is -2.04. The maximum Gasteiger partial charge on any atom is 0.322 e. The lowest BCUT2D eigenvalue weighted by Gasteiger charge is -2.06. The van der Waals surface area contributed by atoms with Crippen molar-refractivity contribution < 1.29 is 19.4 Å². The van der Waals surface area contributed by atoms with Crippen LogP contribution in [0.4, 0.5) is 0 Å². The molecule has 1 amide bonds. The minimum Gasteiger partial charge on any atom is -0.484 e. The third kappa shape index (κ3) is 4.45. The van der Waals surface area contributed by atoms with Crippen LogP contribution in [0.2, 0.25) is 0 Å². The summed E-state index contributed by atoms with van der Waals surface area (Å²) in [7, 11) is 0. The van der Waals surface area contributed by atoms with E-state index in [1.165, 1.54) is 0 Å². The van der Waals surface area contributed by atoms with E-state index in [1.807, 2.05) is 19.1 Å². The molecule has 1 aromatic carbocycles. The van der Waals surface area contributed by atoms with E-state index in [4.69, 9.17) is 9.84 Å². The van der Waals surface area contributed by atoms with Crippen LogP contribution in [-0.4, -0.2) is 30.1 Å². The second kappa shape index (κ2) is 5.75. The second-order valence-electron chi connectivity index (χ2n) is 3.27. The van der Waals surface area contributed by atoms with Gasteiger partial charge in [0.05, 0.1) is 0 Å². The normalized spacial score (nSPS) is 9.56. The van der Waals surface area contributed by atoms with Crippen LogP contribution >= 0.6 is 0 Å². The molecule has 1 aromatic rings. The van der Waals surface area contributed by atoms with Crippen molar-refractivity contribution >= 4 is 11.9 Å². The van der Waals surface area contributed by atoms with Crippen LogP contribution < -0.4 is 10.1 Å². The maximum absolute atomic E-state index is 11.1. The van der Waals surface area contributed by atoms with Crippen molar-refractivity contribution in [2.75, 3.05) is 13.2 Å². The summed E-state index contributed by atoms with van der Waals surface area (Å²) in [5.74, 6) is -0.956.